The third-order valence-corrected chi connectivity index (χ3v) is 5.55. The van der Waals surface area contributed by atoms with E-state index in [0.717, 1.165) is 27.3 Å². The molecule has 0 aliphatic heterocycles. The highest BCUT2D eigenvalue weighted by molar-refractivity contribution is 7.15. The summed E-state index contributed by atoms with van der Waals surface area (Å²) in [5.74, 6) is 0. The minimum absolute atomic E-state index is 0.609. The van der Waals surface area contributed by atoms with Gasteiger partial charge in [0.2, 0.25) is 0 Å². The number of fused-ring (bicyclic) bond motifs is 1. The fourth-order valence-electron chi connectivity index (χ4n) is 3.17. The molecule has 5 aromatic rings. The van der Waals surface area contributed by atoms with Crippen molar-refractivity contribution in [2.24, 2.45) is 0 Å². The molecule has 0 amide bonds. The highest BCUT2D eigenvalue weighted by Gasteiger charge is 2.16. The van der Waals surface area contributed by atoms with E-state index in [1.54, 1.807) is 11.3 Å². The average Bonchev–Trinajstić information content (AvgIpc) is 3.34. The molecule has 0 spiro atoms. The van der Waals surface area contributed by atoms with E-state index >= 15 is 0 Å². The molecule has 0 aliphatic rings. The van der Waals surface area contributed by atoms with Gasteiger partial charge in [0.25, 0.3) is 0 Å². The molecule has 0 atom stereocenters. The zero-order valence-corrected chi connectivity index (χ0v) is 15.3. The van der Waals surface area contributed by atoms with Crippen LogP contribution in [-0.4, -0.2) is 20.0 Å². The van der Waals surface area contributed by atoms with E-state index in [1.807, 2.05) is 53.2 Å². The molecular weight excluding hydrogens is 352 g/mol. The first-order valence-corrected chi connectivity index (χ1v) is 9.59. The lowest BCUT2D eigenvalue weighted by molar-refractivity contribution is 0.667. The summed E-state index contributed by atoms with van der Waals surface area (Å²) in [6.07, 6.45) is 0. The number of aromatic nitrogens is 4. The number of benzene rings is 3. The quantitative estimate of drug-likeness (QED) is 0.434. The van der Waals surface area contributed by atoms with Crippen molar-refractivity contribution in [2.45, 2.75) is 6.54 Å². The Bertz CT molecular complexity index is 1140. The molecule has 2 aromatic heterocycles. The summed E-state index contributed by atoms with van der Waals surface area (Å²) in [5.41, 5.74) is 5.26. The topological polar surface area (TPSA) is 43.6 Å². The highest BCUT2D eigenvalue weighted by Crippen LogP contribution is 2.37. The molecule has 130 valence electrons. The Kier molecular flexibility index (Phi) is 3.99. The SMILES string of the molecule is c1ccc(-c2nc(Cn3nnc4ccccc43)sc2-c2ccccc2)cc1. The average molecular weight is 368 g/mol. The zero-order chi connectivity index (χ0) is 18.1. The predicted octanol–water partition coefficient (Wildman–Crippen LogP) is 5.27. The summed E-state index contributed by atoms with van der Waals surface area (Å²) in [6.45, 7) is 0.609. The smallest absolute Gasteiger partial charge is 0.116 e. The van der Waals surface area contributed by atoms with E-state index in [-0.39, 0.29) is 0 Å². The van der Waals surface area contributed by atoms with Crippen LogP contribution in [0.2, 0.25) is 0 Å². The van der Waals surface area contributed by atoms with Crippen LogP contribution in [0.3, 0.4) is 0 Å². The fraction of sp³-hybridized carbons (Fsp3) is 0.0455. The van der Waals surface area contributed by atoms with Gasteiger partial charge in [0.05, 0.1) is 22.6 Å². The minimum Gasteiger partial charge on any atom is -0.239 e. The van der Waals surface area contributed by atoms with Gasteiger partial charge in [-0.05, 0) is 17.7 Å². The minimum atomic E-state index is 0.609. The Labute approximate surface area is 160 Å². The number of rotatable bonds is 4. The molecular formula is C22H16N4S. The van der Waals surface area contributed by atoms with Crippen LogP contribution in [0.15, 0.2) is 84.9 Å². The Hall–Kier alpha value is -3.31. The third kappa shape index (κ3) is 3.02. The zero-order valence-electron chi connectivity index (χ0n) is 14.5. The first-order valence-electron chi connectivity index (χ1n) is 8.77. The molecule has 0 aliphatic carbocycles. The summed E-state index contributed by atoms with van der Waals surface area (Å²) < 4.78 is 1.91. The summed E-state index contributed by atoms with van der Waals surface area (Å²) in [6, 6.07) is 28.8. The highest BCUT2D eigenvalue weighted by atomic mass is 32.1. The van der Waals surface area contributed by atoms with Crippen LogP contribution in [0, 0.1) is 0 Å². The van der Waals surface area contributed by atoms with Crippen LogP contribution in [0.1, 0.15) is 5.01 Å². The van der Waals surface area contributed by atoms with E-state index in [1.165, 1.54) is 10.4 Å². The summed E-state index contributed by atoms with van der Waals surface area (Å²) in [7, 11) is 0. The van der Waals surface area contributed by atoms with Gasteiger partial charge in [-0.2, -0.15) is 0 Å². The fourth-order valence-corrected chi connectivity index (χ4v) is 4.24. The van der Waals surface area contributed by atoms with Crippen molar-refractivity contribution >= 4 is 22.4 Å². The Balaban J connectivity index is 1.61. The molecule has 27 heavy (non-hydrogen) atoms. The maximum Gasteiger partial charge on any atom is 0.116 e. The van der Waals surface area contributed by atoms with Crippen LogP contribution < -0.4 is 0 Å². The third-order valence-electron chi connectivity index (χ3n) is 4.46. The number of para-hydroxylation sites is 1. The number of hydrogen-bond donors (Lipinski definition) is 0. The van der Waals surface area contributed by atoms with Gasteiger partial charge in [-0.15, -0.1) is 16.4 Å². The van der Waals surface area contributed by atoms with Crippen molar-refractivity contribution < 1.29 is 0 Å². The second-order valence-corrected chi connectivity index (χ2v) is 7.34. The van der Waals surface area contributed by atoms with Gasteiger partial charge in [-0.3, -0.25) is 0 Å². The van der Waals surface area contributed by atoms with E-state index in [2.05, 4.69) is 46.7 Å². The van der Waals surface area contributed by atoms with Gasteiger partial charge in [0.1, 0.15) is 10.5 Å². The molecule has 4 nitrogen and oxygen atoms in total. The molecule has 0 radical (unpaired) electrons. The van der Waals surface area contributed by atoms with Crippen LogP contribution in [-0.2, 0) is 6.54 Å². The van der Waals surface area contributed by atoms with E-state index in [0.29, 0.717) is 6.54 Å². The van der Waals surface area contributed by atoms with Crippen molar-refractivity contribution in [3.63, 3.8) is 0 Å². The Morgan fingerprint density at radius 1 is 0.741 bits per heavy atom. The van der Waals surface area contributed by atoms with Crippen LogP contribution in [0.25, 0.3) is 32.7 Å². The summed E-state index contributed by atoms with van der Waals surface area (Å²) >= 11 is 1.71. The first-order chi connectivity index (χ1) is 13.4. The van der Waals surface area contributed by atoms with Crippen LogP contribution in [0.5, 0.6) is 0 Å². The van der Waals surface area contributed by atoms with Crippen molar-refractivity contribution in [3.8, 4) is 21.7 Å². The molecule has 5 heteroatoms. The Morgan fingerprint density at radius 3 is 2.19 bits per heavy atom. The maximum atomic E-state index is 4.97. The molecule has 2 heterocycles. The van der Waals surface area contributed by atoms with Gasteiger partial charge in [0, 0.05) is 5.56 Å². The maximum absolute atomic E-state index is 4.97. The normalized spacial score (nSPS) is 11.1. The molecule has 0 fully saturated rings. The van der Waals surface area contributed by atoms with Gasteiger partial charge >= 0.3 is 0 Å². The van der Waals surface area contributed by atoms with Gasteiger partial charge in [-0.25, -0.2) is 9.67 Å². The molecule has 0 N–H and O–H groups in total. The predicted molar refractivity (Wildman–Crippen MR) is 110 cm³/mol. The molecule has 3 aromatic carbocycles. The second kappa shape index (κ2) is 6.78. The second-order valence-electron chi connectivity index (χ2n) is 6.25. The molecule has 0 unspecified atom stereocenters. The van der Waals surface area contributed by atoms with Crippen molar-refractivity contribution in [1.29, 1.82) is 0 Å². The largest absolute Gasteiger partial charge is 0.239 e. The van der Waals surface area contributed by atoms with E-state index in [4.69, 9.17) is 4.98 Å². The first kappa shape index (κ1) is 15.9. The Morgan fingerprint density at radius 2 is 1.41 bits per heavy atom. The van der Waals surface area contributed by atoms with Crippen molar-refractivity contribution in [1.82, 2.24) is 20.0 Å². The number of thiazole rings is 1. The summed E-state index contributed by atoms with van der Waals surface area (Å²) in [4.78, 5) is 6.15. The molecule has 0 bridgehead atoms. The monoisotopic (exact) mass is 368 g/mol. The van der Waals surface area contributed by atoms with Gasteiger partial charge in [0.15, 0.2) is 0 Å². The van der Waals surface area contributed by atoms with Crippen LogP contribution >= 0.6 is 11.3 Å². The molecule has 0 saturated carbocycles. The van der Waals surface area contributed by atoms with E-state index < -0.39 is 0 Å². The lowest BCUT2D eigenvalue weighted by Crippen LogP contribution is -2.01. The summed E-state index contributed by atoms with van der Waals surface area (Å²) in [5, 5.41) is 9.58. The van der Waals surface area contributed by atoms with Gasteiger partial charge in [-0.1, -0.05) is 78.0 Å². The number of nitrogens with zero attached hydrogens (tertiary/aromatic N) is 4. The van der Waals surface area contributed by atoms with Gasteiger partial charge < -0.3 is 0 Å². The van der Waals surface area contributed by atoms with E-state index in [9.17, 15) is 0 Å². The molecule has 5 rings (SSSR count). The standard InChI is InChI=1S/C22H16N4S/c1-3-9-16(10-4-1)21-22(17-11-5-2-6-12-17)27-20(23-21)15-26-19-14-8-7-13-18(19)24-25-26/h1-14H,15H2. The lowest BCUT2D eigenvalue weighted by Gasteiger charge is -2.02. The van der Waals surface area contributed by atoms with Crippen molar-refractivity contribution in [2.75, 3.05) is 0 Å². The van der Waals surface area contributed by atoms with Crippen LogP contribution in [0.4, 0.5) is 0 Å². The number of hydrogen-bond acceptors (Lipinski definition) is 4. The lowest BCUT2D eigenvalue weighted by atomic mass is 10.1. The van der Waals surface area contributed by atoms with Crippen molar-refractivity contribution in [3.05, 3.63) is 89.9 Å². The molecule has 0 saturated heterocycles.